The lowest BCUT2D eigenvalue weighted by atomic mass is 10.2. The highest BCUT2D eigenvalue weighted by Gasteiger charge is 2.20. The number of halogens is 3. The number of nitrogens with one attached hydrogen (secondary N) is 1. The van der Waals surface area contributed by atoms with Gasteiger partial charge in [0.05, 0.1) is 15.6 Å². The number of benzene rings is 1. The van der Waals surface area contributed by atoms with Gasteiger partial charge in [-0.25, -0.2) is 0 Å². The first-order chi connectivity index (χ1) is 8.08. The third-order valence-corrected chi connectivity index (χ3v) is 4.45. The molecule has 0 radical (unpaired) electrons. The maximum atomic E-state index is 12.0. The fourth-order valence-electron chi connectivity index (χ4n) is 2.03. The lowest BCUT2D eigenvalue weighted by Gasteiger charge is -2.13. The van der Waals surface area contributed by atoms with Crippen LogP contribution >= 0.6 is 39.1 Å². The van der Waals surface area contributed by atoms with Crippen LogP contribution in [0.4, 0.5) is 0 Å². The van der Waals surface area contributed by atoms with E-state index in [4.69, 9.17) is 23.2 Å². The lowest BCUT2D eigenvalue weighted by molar-refractivity contribution is 0.0938. The zero-order valence-electron chi connectivity index (χ0n) is 9.10. The normalized spacial score (nSPS) is 16.2. The van der Waals surface area contributed by atoms with Gasteiger partial charge in [0.2, 0.25) is 0 Å². The number of carbonyl (C=O) groups excluding carboxylic acids is 1. The second kappa shape index (κ2) is 5.59. The average molecular weight is 337 g/mol. The van der Waals surface area contributed by atoms with Crippen LogP contribution in [0.25, 0.3) is 0 Å². The molecule has 92 valence electrons. The molecule has 2 rings (SSSR count). The van der Waals surface area contributed by atoms with Gasteiger partial charge in [0.1, 0.15) is 0 Å². The van der Waals surface area contributed by atoms with Crippen LogP contribution in [0.5, 0.6) is 0 Å². The maximum Gasteiger partial charge on any atom is 0.253 e. The Hall–Kier alpha value is -0.250. The van der Waals surface area contributed by atoms with Crippen molar-refractivity contribution in [1.29, 1.82) is 0 Å². The molecule has 1 saturated carbocycles. The molecule has 1 aliphatic rings. The van der Waals surface area contributed by atoms with Gasteiger partial charge < -0.3 is 5.32 Å². The monoisotopic (exact) mass is 335 g/mol. The van der Waals surface area contributed by atoms with Crippen molar-refractivity contribution in [3.63, 3.8) is 0 Å². The molecule has 5 heteroatoms. The minimum Gasteiger partial charge on any atom is -0.349 e. The van der Waals surface area contributed by atoms with Gasteiger partial charge >= 0.3 is 0 Å². The van der Waals surface area contributed by atoms with Crippen LogP contribution < -0.4 is 5.32 Å². The van der Waals surface area contributed by atoms with Gasteiger partial charge in [-0.3, -0.25) is 4.79 Å². The van der Waals surface area contributed by atoms with Crippen LogP contribution in [-0.2, 0) is 0 Å². The minimum absolute atomic E-state index is 0.142. The van der Waals surface area contributed by atoms with E-state index in [2.05, 4.69) is 21.2 Å². The first-order valence-electron chi connectivity index (χ1n) is 5.53. The molecule has 1 fully saturated rings. The molecular formula is C12H12BrCl2NO. The van der Waals surface area contributed by atoms with Gasteiger partial charge in [-0.2, -0.15) is 0 Å². The summed E-state index contributed by atoms with van der Waals surface area (Å²) in [6.45, 7) is 0. The second-order valence-corrected chi connectivity index (χ2v) is 5.87. The Morgan fingerprint density at radius 3 is 2.53 bits per heavy atom. The van der Waals surface area contributed by atoms with E-state index < -0.39 is 0 Å². The Labute approximate surface area is 119 Å². The van der Waals surface area contributed by atoms with Crippen LogP contribution in [-0.4, -0.2) is 11.9 Å². The Morgan fingerprint density at radius 2 is 1.88 bits per heavy atom. The highest BCUT2D eigenvalue weighted by molar-refractivity contribution is 9.10. The number of hydrogen-bond acceptors (Lipinski definition) is 1. The fourth-order valence-corrected chi connectivity index (χ4v) is 2.92. The number of carbonyl (C=O) groups is 1. The molecule has 0 aliphatic heterocycles. The van der Waals surface area contributed by atoms with Crippen molar-refractivity contribution in [3.05, 3.63) is 32.2 Å². The summed E-state index contributed by atoms with van der Waals surface area (Å²) in [5.41, 5.74) is 0.437. The van der Waals surface area contributed by atoms with Crippen molar-refractivity contribution in [3.8, 4) is 0 Å². The third-order valence-electron chi connectivity index (χ3n) is 2.94. The van der Waals surface area contributed by atoms with Crippen LogP contribution in [0.3, 0.4) is 0 Å². The summed E-state index contributed by atoms with van der Waals surface area (Å²) in [6, 6.07) is 3.52. The van der Waals surface area contributed by atoms with Crippen molar-refractivity contribution in [1.82, 2.24) is 5.32 Å². The van der Waals surface area contributed by atoms with E-state index in [-0.39, 0.29) is 11.9 Å². The molecule has 1 aliphatic carbocycles. The number of rotatable bonds is 2. The highest BCUT2D eigenvalue weighted by Crippen LogP contribution is 2.29. The first-order valence-corrected chi connectivity index (χ1v) is 7.08. The van der Waals surface area contributed by atoms with E-state index in [1.54, 1.807) is 12.1 Å². The van der Waals surface area contributed by atoms with E-state index >= 15 is 0 Å². The van der Waals surface area contributed by atoms with Crippen LogP contribution in [0.2, 0.25) is 10.0 Å². The third kappa shape index (κ3) is 3.15. The molecule has 1 amide bonds. The molecule has 2 nitrogen and oxygen atoms in total. The van der Waals surface area contributed by atoms with Gasteiger partial charge in [0.15, 0.2) is 0 Å². The molecule has 1 aromatic rings. The largest absolute Gasteiger partial charge is 0.349 e. The fraction of sp³-hybridized carbons (Fsp3) is 0.417. The van der Waals surface area contributed by atoms with Gasteiger partial charge in [-0.05, 0) is 40.9 Å². The summed E-state index contributed by atoms with van der Waals surface area (Å²) in [6.07, 6.45) is 4.46. The molecular weight excluding hydrogens is 325 g/mol. The molecule has 1 aromatic carbocycles. The highest BCUT2D eigenvalue weighted by atomic mass is 79.9. The Kier molecular flexibility index (Phi) is 4.34. The summed E-state index contributed by atoms with van der Waals surface area (Å²) >= 11 is 15.3. The maximum absolute atomic E-state index is 12.0. The smallest absolute Gasteiger partial charge is 0.253 e. The predicted molar refractivity (Wildman–Crippen MR) is 73.9 cm³/mol. The minimum atomic E-state index is -0.142. The first kappa shape index (κ1) is 13.2. The van der Waals surface area contributed by atoms with E-state index in [1.165, 1.54) is 12.8 Å². The topological polar surface area (TPSA) is 29.1 Å². The SMILES string of the molecule is O=C(NC1CCCC1)c1cc(Cl)c(Br)cc1Cl. The number of hydrogen-bond donors (Lipinski definition) is 1. The standard InChI is InChI=1S/C12H12BrCl2NO/c13-9-6-10(14)8(5-11(9)15)12(17)16-7-3-1-2-4-7/h5-7H,1-4H2,(H,16,17). The summed E-state index contributed by atoms with van der Waals surface area (Å²) in [5, 5.41) is 3.89. The molecule has 0 heterocycles. The quantitative estimate of drug-likeness (QED) is 0.795. The van der Waals surface area contributed by atoms with E-state index in [0.29, 0.717) is 20.1 Å². The van der Waals surface area contributed by atoms with Crippen molar-refractivity contribution in [2.75, 3.05) is 0 Å². The number of amides is 1. The molecule has 0 bridgehead atoms. The summed E-state index contributed by atoms with van der Waals surface area (Å²) in [7, 11) is 0. The molecule has 0 unspecified atom stereocenters. The average Bonchev–Trinajstić information content (AvgIpc) is 2.76. The zero-order valence-corrected chi connectivity index (χ0v) is 12.2. The van der Waals surface area contributed by atoms with E-state index in [1.807, 2.05) is 0 Å². The Morgan fingerprint density at radius 1 is 1.24 bits per heavy atom. The van der Waals surface area contributed by atoms with Crippen molar-refractivity contribution in [2.24, 2.45) is 0 Å². The van der Waals surface area contributed by atoms with Crippen molar-refractivity contribution >= 4 is 45.0 Å². The second-order valence-electron chi connectivity index (χ2n) is 4.20. The van der Waals surface area contributed by atoms with Crippen molar-refractivity contribution in [2.45, 2.75) is 31.7 Å². The van der Waals surface area contributed by atoms with E-state index in [9.17, 15) is 4.79 Å². The van der Waals surface area contributed by atoms with Crippen molar-refractivity contribution < 1.29 is 4.79 Å². The molecule has 0 saturated heterocycles. The summed E-state index contributed by atoms with van der Waals surface area (Å²) < 4.78 is 0.696. The Bertz CT molecular complexity index is 444. The molecule has 0 spiro atoms. The zero-order chi connectivity index (χ0) is 12.4. The van der Waals surface area contributed by atoms with Crippen LogP contribution in [0, 0.1) is 0 Å². The Balaban J connectivity index is 2.15. The lowest BCUT2D eigenvalue weighted by Crippen LogP contribution is -2.32. The van der Waals surface area contributed by atoms with E-state index in [0.717, 1.165) is 12.8 Å². The molecule has 1 N–H and O–H groups in total. The molecule has 0 aromatic heterocycles. The predicted octanol–water partition coefficient (Wildman–Crippen LogP) is 4.43. The van der Waals surface area contributed by atoms with Gasteiger partial charge in [0.25, 0.3) is 5.91 Å². The summed E-state index contributed by atoms with van der Waals surface area (Å²) in [5.74, 6) is -0.142. The van der Waals surface area contributed by atoms with Crippen LogP contribution in [0.1, 0.15) is 36.0 Å². The molecule has 17 heavy (non-hydrogen) atoms. The van der Waals surface area contributed by atoms with Gasteiger partial charge in [-0.1, -0.05) is 36.0 Å². The van der Waals surface area contributed by atoms with Gasteiger partial charge in [-0.15, -0.1) is 0 Å². The van der Waals surface area contributed by atoms with Gasteiger partial charge in [0, 0.05) is 10.5 Å². The molecule has 0 atom stereocenters. The van der Waals surface area contributed by atoms with Crippen LogP contribution in [0.15, 0.2) is 16.6 Å². The summed E-state index contributed by atoms with van der Waals surface area (Å²) in [4.78, 5) is 12.0.